The van der Waals surface area contributed by atoms with Gasteiger partial charge >= 0.3 is 0 Å². The molecule has 8 nitrogen and oxygen atoms in total. The van der Waals surface area contributed by atoms with E-state index in [0.717, 1.165) is 22.0 Å². The highest BCUT2D eigenvalue weighted by Gasteiger charge is 2.22. The fourth-order valence-electron chi connectivity index (χ4n) is 4.49. The number of H-pyrrole nitrogens is 1. The highest BCUT2D eigenvalue weighted by Crippen LogP contribution is 2.22. The second kappa shape index (κ2) is 12.8. The van der Waals surface area contributed by atoms with Gasteiger partial charge in [0.1, 0.15) is 11.5 Å². The van der Waals surface area contributed by atoms with E-state index < -0.39 is 0 Å². The van der Waals surface area contributed by atoms with Crippen LogP contribution in [0.5, 0.6) is 11.5 Å². The predicted molar refractivity (Wildman–Crippen MR) is 146 cm³/mol. The summed E-state index contributed by atoms with van der Waals surface area (Å²) in [4.78, 5) is 30.6. The molecule has 0 bridgehead atoms. The minimum absolute atomic E-state index is 0.105. The second-order valence-electron chi connectivity index (χ2n) is 9.13. The largest absolute Gasteiger partial charge is 0.496 e. The van der Waals surface area contributed by atoms with Crippen LogP contribution in [-0.4, -0.2) is 53.1 Å². The summed E-state index contributed by atoms with van der Waals surface area (Å²) in [6, 6.07) is 22.2. The molecular formula is C30H33N3O5. The van der Waals surface area contributed by atoms with Crippen molar-refractivity contribution >= 4 is 22.7 Å². The van der Waals surface area contributed by atoms with Gasteiger partial charge in [-0.1, -0.05) is 48.5 Å². The van der Waals surface area contributed by atoms with Crippen LogP contribution in [0.3, 0.4) is 0 Å². The van der Waals surface area contributed by atoms with Crippen molar-refractivity contribution in [2.24, 2.45) is 0 Å². The number of aromatic amines is 1. The molecular weight excluding hydrogens is 482 g/mol. The summed E-state index contributed by atoms with van der Waals surface area (Å²) in [6.45, 7) is 1.88. The lowest BCUT2D eigenvalue weighted by atomic mass is 10.0. The lowest BCUT2D eigenvalue weighted by molar-refractivity contribution is -0.131. The molecule has 4 rings (SSSR count). The summed E-state index contributed by atoms with van der Waals surface area (Å²) >= 11 is 0. The summed E-state index contributed by atoms with van der Waals surface area (Å²) in [5.74, 6) is 0.798. The molecule has 38 heavy (non-hydrogen) atoms. The van der Waals surface area contributed by atoms with Crippen molar-refractivity contribution in [2.75, 3.05) is 20.3 Å². The first-order valence-corrected chi connectivity index (χ1v) is 12.5. The van der Waals surface area contributed by atoms with Crippen molar-refractivity contribution in [1.29, 1.82) is 0 Å². The average Bonchev–Trinajstić information content (AvgIpc) is 3.34. The quantitative estimate of drug-likeness (QED) is 0.266. The van der Waals surface area contributed by atoms with Crippen LogP contribution in [0.25, 0.3) is 10.9 Å². The van der Waals surface area contributed by atoms with Crippen LogP contribution < -0.4 is 14.8 Å². The Labute approximate surface area is 222 Å². The molecule has 3 N–H and O–H groups in total. The summed E-state index contributed by atoms with van der Waals surface area (Å²) < 4.78 is 11.1. The number of methoxy groups -OCH3 is 1. The molecule has 198 valence electrons. The molecule has 0 aliphatic carbocycles. The zero-order chi connectivity index (χ0) is 26.9. The van der Waals surface area contributed by atoms with Gasteiger partial charge in [0.25, 0.3) is 5.91 Å². The van der Waals surface area contributed by atoms with E-state index in [-0.39, 0.29) is 31.1 Å². The maximum atomic E-state index is 13.0. The molecule has 1 heterocycles. The number of hydrogen-bond donors (Lipinski definition) is 3. The van der Waals surface area contributed by atoms with Crippen molar-refractivity contribution in [3.63, 3.8) is 0 Å². The van der Waals surface area contributed by atoms with Crippen molar-refractivity contribution in [1.82, 2.24) is 15.2 Å². The Kier molecular flexibility index (Phi) is 9.00. The van der Waals surface area contributed by atoms with Crippen LogP contribution in [0.2, 0.25) is 0 Å². The molecule has 0 aliphatic heterocycles. The SMILES string of the molecule is COc1ccccc1CN(CC(Cc1c[nH]c2ccccc12)NC(=O)COc1cccc(CO)c1)C(C)=O. The molecule has 0 aliphatic rings. The smallest absolute Gasteiger partial charge is 0.258 e. The number of benzene rings is 3. The van der Waals surface area contributed by atoms with E-state index in [1.165, 1.54) is 6.92 Å². The van der Waals surface area contributed by atoms with E-state index in [1.807, 2.05) is 54.7 Å². The molecule has 1 aromatic heterocycles. The number of aliphatic hydroxyl groups excluding tert-OH is 1. The van der Waals surface area contributed by atoms with Gasteiger partial charge in [-0.3, -0.25) is 9.59 Å². The Morgan fingerprint density at radius 3 is 2.61 bits per heavy atom. The molecule has 0 saturated carbocycles. The van der Waals surface area contributed by atoms with Gasteiger partial charge in [-0.25, -0.2) is 0 Å². The highest BCUT2D eigenvalue weighted by atomic mass is 16.5. The number of fused-ring (bicyclic) bond motifs is 1. The third-order valence-corrected chi connectivity index (χ3v) is 6.40. The Hall–Kier alpha value is -4.30. The van der Waals surface area contributed by atoms with Gasteiger partial charge in [0.15, 0.2) is 6.61 Å². The number of hydrogen-bond acceptors (Lipinski definition) is 5. The molecule has 0 spiro atoms. The predicted octanol–water partition coefficient (Wildman–Crippen LogP) is 3.82. The summed E-state index contributed by atoms with van der Waals surface area (Å²) in [5, 5.41) is 13.5. The first kappa shape index (κ1) is 26.8. The molecule has 1 atom stereocenters. The number of rotatable bonds is 12. The lowest BCUT2D eigenvalue weighted by Crippen LogP contribution is -2.47. The maximum absolute atomic E-state index is 13.0. The van der Waals surface area contributed by atoms with Gasteiger partial charge in [0, 0.05) is 42.7 Å². The van der Waals surface area contributed by atoms with Crippen LogP contribution in [-0.2, 0) is 29.2 Å². The number of carbonyl (C=O) groups excluding carboxylic acids is 2. The zero-order valence-corrected chi connectivity index (χ0v) is 21.6. The standard InChI is InChI=1S/C30H33N3O5/c1-21(35)33(17-23-9-3-6-13-29(23)37-2)18-25(15-24-16-31-28-12-5-4-11-27(24)28)32-30(36)20-38-26-10-7-8-22(14-26)19-34/h3-14,16,25,31,34H,15,17-20H2,1-2H3,(H,32,36). The Morgan fingerprint density at radius 1 is 1.03 bits per heavy atom. The molecule has 4 aromatic rings. The van der Waals surface area contributed by atoms with E-state index in [4.69, 9.17) is 9.47 Å². The van der Waals surface area contributed by atoms with E-state index in [9.17, 15) is 14.7 Å². The summed E-state index contributed by atoms with van der Waals surface area (Å²) in [5.41, 5.74) is 3.64. The Bertz CT molecular complexity index is 1380. The number of nitrogens with zero attached hydrogens (tertiary/aromatic N) is 1. The lowest BCUT2D eigenvalue weighted by Gasteiger charge is -2.28. The molecule has 0 saturated heterocycles. The molecule has 1 unspecified atom stereocenters. The number of para-hydroxylation sites is 2. The maximum Gasteiger partial charge on any atom is 0.258 e. The van der Waals surface area contributed by atoms with Gasteiger partial charge in [0.2, 0.25) is 5.91 Å². The normalized spacial score (nSPS) is 11.7. The fraction of sp³-hybridized carbons (Fsp3) is 0.267. The Balaban J connectivity index is 1.51. The van der Waals surface area contributed by atoms with Crippen LogP contribution >= 0.6 is 0 Å². The van der Waals surface area contributed by atoms with Crippen molar-refractivity contribution in [3.05, 3.63) is 95.7 Å². The third kappa shape index (κ3) is 6.92. The monoisotopic (exact) mass is 515 g/mol. The van der Waals surface area contributed by atoms with Gasteiger partial charge in [-0.15, -0.1) is 0 Å². The minimum Gasteiger partial charge on any atom is -0.496 e. The molecule has 2 amide bonds. The van der Waals surface area contributed by atoms with E-state index in [0.29, 0.717) is 36.6 Å². The summed E-state index contributed by atoms with van der Waals surface area (Å²) in [7, 11) is 1.60. The van der Waals surface area contributed by atoms with Crippen LogP contribution in [0.15, 0.2) is 79.0 Å². The zero-order valence-electron chi connectivity index (χ0n) is 21.6. The summed E-state index contributed by atoms with van der Waals surface area (Å²) in [6.07, 6.45) is 2.46. The minimum atomic E-state index is -0.368. The number of carbonyl (C=O) groups is 2. The van der Waals surface area contributed by atoms with E-state index >= 15 is 0 Å². The van der Waals surface area contributed by atoms with E-state index in [1.54, 1.807) is 36.3 Å². The van der Waals surface area contributed by atoms with Gasteiger partial charge in [-0.2, -0.15) is 0 Å². The van der Waals surface area contributed by atoms with Gasteiger partial charge in [-0.05, 0) is 41.8 Å². The molecule has 0 radical (unpaired) electrons. The highest BCUT2D eigenvalue weighted by molar-refractivity contribution is 5.83. The molecule has 0 fully saturated rings. The van der Waals surface area contributed by atoms with Crippen molar-refractivity contribution < 1.29 is 24.2 Å². The Morgan fingerprint density at radius 2 is 1.82 bits per heavy atom. The molecule has 8 heteroatoms. The van der Waals surface area contributed by atoms with Crippen molar-refractivity contribution in [3.8, 4) is 11.5 Å². The van der Waals surface area contributed by atoms with Crippen molar-refractivity contribution in [2.45, 2.75) is 32.5 Å². The average molecular weight is 516 g/mol. The number of aliphatic hydroxyl groups is 1. The number of nitrogens with one attached hydrogen (secondary N) is 2. The number of ether oxygens (including phenoxy) is 2. The number of amides is 2. The van der Waals surface area contributed by atoms with Gasteiger partial charge < -0.3 is 29.8 Å². The fourth-order valence-corrected chi connectivity index (χ4v) is 4.49. The van der Waals surface area contributed by atoms with Crippen LogP contribution in [0.4, 0.5) is 0 Å². The van der Waals surface area contributed by atoms with Crippen LogP contribution in [0, 0.1) is 0 Å². The second-order valence-corrected chi connectivity index (χ2v) is 9.13. The van der Waals surface area contributed by atoms with Gasteiger partial charge in [0.05, 0.1) is 19.8 Å². The molecule has 3 aromatic carbocycles. The topological polar surface area (TPSA) is 104 Å². The van der Waals surface area contributed by atoms with Crippen LogP contribution in [0.1, 0.15) is 23.6 Å². The third-order valence-electron chi connectivity index (χ3n) is 6.40. The first-order valence-electron chi connectivity index (χ1n) is 12.5. The van der Waals surface area contributed by atoms with E-state index in [2.05, 4.69) is 10.3 Å². The first-order chi connectivity index (χ1) is 18.5. The number of aromatic nitrogens is 1.